The predicted octanol–water partition coefficient (Wildman–Crippen LogP) is 3.21. The summed E-state index contributed by atoms with van der Waals surface area (Å²) in [6.07, 6.45) is 3.79. The molecular weight excluding hydrogens is 441 g/mol. The number of benzene rings is 1. The van der Waals surface area contributed by atoms with Crippen LogP contribution in [0.3, 0.4) is 0 Å². The van der Waals surface area contributed by atoms with Gasteiger partial charge in [-0.1, -0.05) is 19.1 Å². The third kappa shape index (κ3) is 7.23. The number of aliphatic imine (C=N–C) groups is 1. The van der Waals surface area contributed by atoms with E-state index in [1.165, 1.54) is 5.56 Å². The van der Waals surface area contributed by atoms with Crippen LogP contribution in [-0.4, -0.2) is 35.9 Å². The van der Waals surface area contributed by atoms with Gasteiger partial charge in [0, 0.05) is 37.6 Å². The topological polar surface area (TPSA) is 63.5 Å². The Morgan fingerprint density at radius 1 is 1.35 bits per heavy atom. The van der Waals surface area contributed by atoms with E-state index in [1.54, 1.807) is 13.3 Å². The number of hydrogen-bond donors (Lipinski definition) is 2. The molecule has 2 rings (SSSR count). The fraction of sp³-hybridized carbons (Fsp3) is 0.474. The molecule has 0 fully saturated rings. The van der Waals surface area contributed by atoms with Crippen molar-refractivity contribution in [3.63, 3.8) is 0 Å². The predicted molar refractivity (Wildman–Crippen MR) is 117 cm³/mol. The first-order valence-electron chi connectivity index (χ1n) is 8.75. The molecule has 0 bridgehead atoms. The largest absolute Gasteiger partial charge is 0.496 e. The molecule has 144 valence electrons. The molecule has 2 N–H and O–H groups in total. The number of aromatic nitrogens is 2. The summed E-state index contributed by atoms with van der Waals surface area (Å²) < 4.78 is 7.41. The highest BCUT2D eigenvalue weighted by Gasteiger charge is 2.07. The minimum atomic E-state index is 0. The summed E-state index contributed by atoms with van der Waals surface area (Å²) in [5.74, 6) is 2.14. The summed E-state index contributed by atoms with van der Waals surface area (Å²) in [6.45, 7) is 9.43. The number of nitrogens with one attached hydrogen (secondary N) is 2. The van der Waals surface area contributed by atoms with Crippen molar-refractivity contribution in [2.75, 3.05) is 20.2 Å². The lowest BCUT2D eigenvalue weighted by Crippen LogP contribution is -2.40. The highest BCUT2D eigenvalue weighted by Crippen LogP contribution is 2.20. The van der Waals surface area contributed by atoms with Crippen LogP contribution in [0.15, 0.2) is 41.7 Å². The average molecular weight is 471 g/mol. The van der Waals surface area contributed by atoms with Gasteiger partial charge in [-0.15, -0.1) is 24.0 Å². The van der Waals surface area contributed by atoms with Crippen LogP contribution in [-0.2, 0) is 13.1 Å². The fourth-order valence-electron chi connectivity index (χ4n) is 2.55. The molecule has 0 saturated carbocycles. The summed E-state index contributed by atoms with van der Waals surface area (Å²) in [5.41, 5.74) is 2.26. The van der Waals surface area contributed by atoms with E-state index in [2.05, 4.69) is 53.6 Å². The minimum absolute atomic E-state index is 0. The molecule has 6 nitrogen and oxygen atoms in total. The second-order valence-electron chi connectivity index (χ2n) is 6.22. The molecule has 0 aliphatic rings. The highest BCUT2D eigenvalue weighted by atomic mass is 127. The lowest BCUT2D eigenvalue weighted by atomic mass is 10.1. The highest BCUT2D eigenvalue weighted by molar-refractivity contribution is 14.0. The molecule has 0 spiro atoms. The number of nitrogens with zero attached hydrogens (tertiary/aromatic N) is 3. The summed E-state index contributed by atoms with van der Waals surface area (Å²) in [5, 5.41) is 11.0. The molecule has 26 heavy (non-hydrogen) atoms. The Morgan fingerprint density at radius 3 is 2.81 bits per heavy atom. The lowest BCUT2D eigenvalue weighted by molar-refractivity contribution is 0.409. The Balaban J connectivity index is 0.00000338. The van der Waals surface area contributed by atoms with Crippen molar-refractivity contribution in [1.82, 2.24) is 20.4 Å². The van der Waals surface area contributed by atoms with Gasteiger partial charge in [-0.3, -0.25) is 4.68 Å². The van der Waals surface area contributed by atoms with E-state index in [4.69, 9.17) is 4.74 Å². The summed E-state index contributed by atoms with van der Waals surface area (Å²) in [7, 11) is 1.70. The number of rotatable bonds is 8. The first kappa shape index (κ1) is 22.3. The molecule has 0 aliphatic carbocycles. The summed E-state index contributed by atoms with van der Waals surface area (Å²) in [4.78, 5) is 4.68. The molecule has 0 saturated heterocycles. The SMILES string of the molecule is CCNC(=NCc1ccc(C)cc1OC)NCC(C)Cn1cccn1.I. The van der Waals surface area contributed by atoms with Crippen LogP contribution in [0.5, 0.6) is 5.75 Å². The van der Waals surface area contributed by atoms with Gasteiger partial charge in [-0.25, -0.2) is 4.99 Å². The fourth-order valence-corrected chi connectivity index (χ4v) is 2.55. The molecular formula is C19H30IN5O. The van der Waals surface area contributed by atoms with E-state index in [0.29, 0.717) is 12.5 Å². The third-order valence-corrected chi connectivity index (χ3v) is 3.87. The second kappa shape index (κ2) is 11.8. The maximum absolute atomic E-state index is 5.46. The Hall–Kier alpha value is -1.77. The van der Waals surface area contributed by atoms with Crippen LogP contribution in [0.2, 0.25) is 0 Å². The van der Waals surface area contributed by atoms with Crippen molar-refractivity contribution in [3.8, 4) is 5.75 Å². The van der Waals surface area contributed by atoms with Gasteiger partial charge in [-0.2, -0.15) is 5.10 Å². The zero-order valence-corrected chi connectivity index (χ0v) is 18.4. The van der Waals surface area contributed by atoms with E-state index in [9.17, 15) is 0 Å². The van der Waals surface area contributed by atoms with Gasteiger partial charge >= 0.3 is 0 Å². The smallest absolute Gasteiger partial charge is 0.191 e. The lowest BCUT2D eigenvalue weighted by Gasteiger charge is -2.16. The van der Waals surface area contributed by atoms with Crippen molar-refractivity contribution in [1.29, 1.82) is 0 Å². The third-order valence-electron chi connectivity index (χ3n) is 3.87. The molecule has 0 amide bonds. The zero-order valence-electron chi connectivity index (χ0n) is 16.0. The first-order valence-corrected chi connectivity index (χ1v) is 8.75. The van der Waals surface area contributed by atoms with Crippen LogP contribution >= 0.6 is 24.0 Å². The molecule has 1 atom stereocenters. The van der Waals surface area contributed by atoms with Crippen LogP contribution in [0.1, 0.15) is 25.0 Å². The van der Waals surface area contributed by atoms with Crippen LogP contribution in [0.25, 0.3) is 0 Å². The van der Waals surface area contributed by atoms with Crippen LogP contribution < -0.4 is 15.4 Å². The van der Waals surface area contributed by atoms with Crippen LogP contribution in [0, 0.1) is 12.8 Å². The summed E-state index contributed by atoms with van der Waals surface area (Å²) >= 11 is 0. The maximum atomic E-state index is 5.46. The Kier molecular flexibility index (Phi) is 10.1. The van der Waals surface area contributed by atoms with E-state index < -0.39 is 0 Å². The minimum Gasteiger partial charge on any atom is -0.496 e. The number of guanidine groups is 1. The molecule has 1 aromatic heterocycles. The van der Waals surface area contributed by atoms with Gasteiger partial charge in [0.1, 0.15) is 5.75 Å². The quantitative estimate of drug-likeness (QED) is 0.353. The van der Waals surface area contributed by atoms with Gasteiger partial charge in [0.15, 0.2) is 5.96 Å². The second-order valence-corrected chi connectivity index (χ2v) is 6.22. The number of ether oxygens (including phenoxy) is 1. The van der Waals surface area contributed by atoms with E-state index >= 15 is 0 Å². The molecule has 7 heteroatoms. The van der Waals surface area contributed by atoms with E-state index in [-0.39, 0.29) is 24.0 Å². The normalized spacial score (nSPS) is 12.2. The number of methoxy groups -OCH3 is 1. The number of halogens is 1. The van der Waals surface area contributed by atoms with Crippen molar-refractivity contribution < 1.29 is 4.74 Å². The maximum Gasteiger partial charge on any atom is 0.191 e. The Labute approximate surface area is 173 Å². The van der Waals surface area contributed by atoms with Crippen molar-refractivity contribution in [2.24, 2.45) is 10.9 Å². The van der Waals surface area contributed by atoms with Crippen LogP contribution in [0.4, 0.5) is 0 Å². The summed E-state index contributed by atoms with van der Waals surface area (Å²) in [6, 6.07) is 8.14. The van der Waals surface area contributed by atoms with Gasteiger partial charge < -0.3 is 15.4 Å². The zero-order chi connectivity index (χ0) is 18.1. The van der Waals surface area contributed by atoms with Gasteiger partial charge in [0.2, 0.25) is 0 Å². The Morgan fingerprint density at radius 2 is 2.15 bits per heavy atom. The average Bonchev–Trinajstić information content (AvgIpc) is 3.11. The van der Waals surface area contributed by atoms with E-state index in [1.807, 2.05) is 23.0 Å². The monoisotopic (exact) mass is 471 g/mol. The standard InChI is InChI=1S/C19H29N5O.HI/c1-5-20-19(21-12-16(3)14-24-10-6-9-23-24)22-13-17-8-7-15(2)11-18(17)25-4;/h6-11,16H,5,12-14H2,1-4H3,(H2,20,21,22);1H. The first-order chi connectivity index (χ1) is 12.1. The number of hydrogen-bond acceptors (Lipinski definition) is 3. The molecule has 0 aliphatic heterocycles. The van der Waals surface area contributed by atoms with Gasteiger partial charge in [0.05, 0.1) is 13.7 Å². The van der Waals surface area contributed by atoms with Gasteiger partial charge in [0.25, 0.3) is 0 Å². The molecule has 1 unspecified atom stereocenters. The molecule has 1 heterocycles. The molecule has 2 aromatic rings. The van der Waals surface area contributed by atoms with Crippen molar-refractivity contribution in [2.45, 2.75) is 33.9 Å². The van der Waals surface area contributed by atoms with Crippen molar-refractivity contribution >= 4 is 29.9 Å². The van der Waals surface area contributed by atoms with E-state index in [0.717, 1.165) is 36.9 Å². The Bertz CT molecular complexity index is 673. The number of aryl methyl sites for hydroxylation is 1. The molecule has 1 aromatic carbocycles. The molecule has 0 radical (unpaired) electrons. The van der Waals surface area contributed by atoms with Gasteiger partial charge in [-0.05, 0) is 37.5 Å². The van der Waals surface area contributed by atoms with Crippen molar-refractivity contribution in [3.05, 3.63) is 47.8 Å².